The highest BCUT2D eigenvalue weighted by Gasteiger charge is 2.14. The van der Waals surface area contributed by atoms with Crippen molar-refractivity contribution in [2.24, 2.45) is 0 Å². The van der Waals surface area contributed by atoms with Crippen molar-refractivity contribution in [1.29, 1.82) is 0 Å². The van der Waals surface area contributed by atoms with Crippen molar-refractivity contribution in [2.45, 2.75) is 24.5 Å². The number of halogens is 1. The number of rotatable bonds is 3. The molecule has 1 fully saturated rings. The Balaban J connectivity index is 1.76. The first kappa shape index (κ1) is 13.2. The lowest BCUT2D eigenvalue weighted by atomic mass is 10.2. The van der Waals surface area contributed by atoms with E-state index in [9.17, 15) is 0 Å². The van der Waals surface area contributed by atoms with Crippen LogP contribution in [0.3, 0.4) is 0 Å². The zero-order chi connectivity index (χ0) is 13.1. The molecule has 1 atom stereocenters. The first-order valence-electron chi connectivity index (χ1n) is 6.59. The molecule has 2 aromatic heterocycles. The Morgan fingerprint density at radius 1 is 1.37 bits per heavy atom. The van der Waals surface area contributed by atoms with Gasteiger partial charge in [-0.25, -0.2) is 0 Å². The molecule has 2 aromatic rings. The molecule has 19 heavy (non-hydrogen) atoms. The summed E-state index contributed by atoms with van der Waals surface area (Å²) in [5, 5.41) is 4.27. The van der Waals surface area contributed by atoms with Crippen LogP contribution in [0.5, 0.6) is 0 Å². The number of hydrogen-bond donors (Lipinski definition) is 1. The topological polar surface area (TPSA) is 37.8 Å². The predicted molar refractivity (Wildman–Crippen MR) is 85.8 cm³/mol. The zero-order valence-electron chi connectivity index (χ0n) is 10.6. The first-order valence-corrected chi connectivity index (χ1v) is 8.43. The molecule has 3 heterocycles. The maximum atomic E-state index is 4.47. The minimum Gasteiger partial charge on any atom is -0.382 e. The summed E-state index contributed by atoms with van der Waals surface area (Å²) in [5.74, 6) is 1.30. The molecule has 1 aliphatic rings. The highest BCUT2D eigenvalue weighted by molar-refractivity contribution is 9.10. The molecule has 0 aromatic carbocycles. The lowest BCUT2D eigenvalue weighted by Gasteiger charge is -2.22. The third-order valence-corrected chi connectivity index (χ3v) is 5.17. The van der Waals surface area contributed by atoms with Crippen molar-refractivity contribution in [3.63, 3.8) is 0 Å². The molecule has 1 unspecified atom stereocenters. The summed E-state index contributed by atoms with van der Waals surface area (Å²) >= 11 is 5.52. The average Bonchev–Trinajstić information content (AvgIpc) is 2.45. The molecule has 0 bridgehead atoms. The van der Waals surface area contributed by atoms with E-state index < -0.39 is 0 Å². The first-order chi connectivity index (χ1) is 9.33. The largest absolute Gasteiger partial charge is 0.382 e. The van der Waals surface area contributed by atoms with Crippen LogP contribution in [0, 0.1) is 0 Å². The minimum atomic E-state index is 0.729. The fourth-order valence-corrected chi connectivity index (χ4v) is 3.90. The van der Waals surface area contributed by atoms with Gasteiger partial charge in [-0.15, -0.1) is 0 Å². The van der Waals surface area contributed by atoms with E-state index in [0.717, 1.165) is 33.0 Å². The molecule has 0 radical (unpaired) electrons. The van der Waals surface area contributed by atoms with Crippen molar-refractivity contribution in [3.05, 3.63) is 29.0 Å². The van der Waals surface area contributed by atoms with Crippen LogP contribution in [-0.4, -0.2) is 27.5 Å². The number of pyridine rings is 2. The molecular formula is C14H16BrN3S. The summed E-state index contributed by atoms with van der Waals surface area (Å²) in [4.78, 5) is 8.83. The molecule has 0 amide bonds. The van der Waals surface area contributed by atoms with Gasteiger partial charge in [0.2, 0.25) is 0 Å². The van der Waals surface area contributed by atoms with E-state index in [-0.39, 0.29) is 0 Å². The monoisotopic (exact) mass is 337 g/mol. The lowest BCUT2D eigenvalue weighted by Crippen LogP contribution is -2.20. The summed E-state index contributed by atoms with van der Waals surface area (Å²) in [6.07, 6.45) is 7.72. The van der Waals surface area contributed by atoms with Gasteiger partial charge in [-0.2, -0.15) is 11.8 Å². The fourth-order valence-electron chi connectivity index (χ4n) is 2.34. The van der Waals surface area contributed by atoms with Gasteiger partial charge in [0.05, 0.1) is 11.2 Å². The third-order valence-electron chi connectivity index (χ3n) is 3.34. The highest BCUT2D eigenvalue weighted by atomic mass is 79.9. The van der Waals surface area contributed by atoms with Crippen molar-refractivity contribution >= 4 is 44.4 Å². The van der Waals surface area contributed by atoms with Crippen LogP contribution in [0.15, 0.2) is 29.0 Å². The molecule has 100 valence electrons. The molecule has 1 saturated heterocycles. The van der Waals surface area contributed by atoms with Crippen molar-refractivity contribution in [3.8, 4) is 0 Å². The standard InChI is InChI=1S/C14H16BrN3S/c15-10-7-13-14(18-8-10)12(4-5-16-13)17-9-11-3-1-2-6-19-11/h4-5,7-8,11H,1-3,6,9H2,(H,16,17). The number of anilines is 1. The van der Waals surface area contributed by atoms with Gasteiger partial charge in [0.25, 0.3) is 0 Å². The maximum Gasteiger partial charge on any atom is 0.112 e. The van der Waals surface area contributed by atoms with E-state index in [4.69, 9.17) is 0 Å². The Labute approximate surface area is 125 Å². The molecule has 0 saturated carbocycles. The molecule has 0 aliphatic carbocycles. The number of nitrogens with zero attached hydrogens (tertiary/aromatic N) is 2. The van der Waals surface area contributed by atoms with Crippen LogP contribution in [0.4, 0.5) is 5.69 Å². The Bertz CT molecular complexity index is 570. The SMILES string of the molecule is Brc1cnc2c(NCC3CCCCS3)ccnc2c1. The van der Waals surface area contributed by atoms with E-state index >= 15 is 0 Å². The van der Waals surface area contributed by atoms with Gasteiger partial charge >= 0.3 is 0 Å². The summed E-state index contributed by atoms with van der Waals surface area (Å²) in [5.41, 5.74) is 2.96. The Hall–Kier alpha value is -0.810. The average molecular weight is 338 g/mol. The molecule has 5 heteroatoms. The molecule has 1 N–H and O–H groups in total. The van der Waals surface area contributed by atoms with Gasteiger partial charge in [0, 0.05) is 28.7 Å². The molecular weight excluding hydrogens is 322 g/mol. The van der Waals surface area contributed by atoms with Crippen LogP contribution >= 0.6 is 27.7 Å². The van der Waals surface area contributed by atoms with E-state index in [1.807, 2.05) is 24.5 Å². The highest BCUT2D eigenvalue weighted by Crippen LogP contribution is 2.27. The summed E-state index contributed by atoms with van der Waals surface area (Å²) in [7, 11) is 0. The summed E-state index contributed by atoms with van der Waals surface area (Å²) in [6.45, 7) is 1.02. The fraction of sp³-hybridized carbons (Fsp3) is 0.429. The lowest BCUT2D eigenvalue weighted by molar-refractivity contribution is 0.678. The van der Waals surface area contributed by atoms with Crippen LogP contribution in [0.2, 0.25) is 0 Å². The van der Waals surface area contributed by atoms with E-state index in [2.05, 4.69) is 43.0 Å². The van der Waals surface area contributed by atoms with E-state index in [1.165, 1.54) is 25.0 Å². The van der Waals surface area contributed by atoms with Crippen LogP contribution in [-0.2, 0) is 0 Å². The van der Waals surface area contributed by atoms with Gasteiger partial charge in [-0.1, -0.05) is 6.42 Å². The minimum absolute atomic E-state index is 0.729. The van der Waals surface area contributed by atoms with E-state index in [0.29, 0.717) is 0 Å². The summed E-state index contributed by atoms with van der Waals surface area (Å²) < 4.78 is 0.965. The van der Waals surface area contributed by atoms with Crippen LogP contribution < -0.4 is 5.32 Å². The number of hydrogen-bond acceptors (Lipinski definition) is 4. The second-order valence-corrected chi connectivity index (χ2v) is 7.07. The maximum absolute atomic E-state index is 4.47. The molecule has 1 aliphatic heterocycles. The second kappa shape index (κ2) is 6.09. The normalized spacial score (nSPS) is 19.5. The number of aromatic nitrogens is 2. The quantitative estimate of drug-likeness (QED) is 0.915. The van der Waals surface area contributed by atoms with Gasteiger partial charge in [0.15, 0.2) is 0 Å². The summed E-state index contributed by atoms with van der Waals surface area (Å²) in [6, 6.07) is 4.01. The Morgan fingerprint density at radius 3 is 3.16 bits per heavy atom. The Kier molecular flexibility index (Phi) is 4.23. The third kappa shape index (κ3) is 3.20. The van der Waals surface area contributed by atoms with Gasteiger partial charge in [0.1, 0.15) is 5.52 Å². The smallest absolute Gasteiger partial charge is 0.112 e. The van der Waals surface area contributed by atoms with Crippen LogP contribution in [0.25, 0.3) is 11.0 Å². The van der Waals surface area contributed by atoms with Crippen molar-refractivity contribution < 1.29 is 0 Å². The van der Waals surface area contributed by atoms with Gasteiger partial charge in [-0.3, -0.25) is 9.97 Å². The molecule has 3 nitrogen and oxygen atoms in total. The van der Waals surface area contributed by atoms with E-state index in [1.54, 1.807) is 0 Å². The van der Waals surface area contributed by atoms with Crippen molar-refractivity contribution in [2.75, 3.05) is 17.6 Å². The van der Waals surface area contributed by atoms with Gasteiger partial charge in [-0.05, 0) is 46.7 Å². The number of fused-ring (bicyclic) bond motifs is 1. The predicted octanol–water partition coefficient (Wildman–Crippen LogP) is 4.09. The zero-order valence-corrected chi connectivity index (χ0v) is 13.0. The van der Waals surface area contributed by atoms with Crippen molar-refractivity contribution in [1.82, 2.24) is 9.97 Å². The number of nitrogens with one attached hydrogen (secondary N) is 1. The number of thioether (sulfide) groups is 1. The van der Waals surface area contributed by atoms with Crippen LogP contribution in [0.1, 0.15) is 19.3 Å². The van der Waals surface area contributed by atoms with Gasteiger partial charge < -0.3 is 5.32 Å². The second-order valence-electron chi connectivity index (χ2n) is 4.75. The molecule has 3 rings (SSSR count). The molecule has 0 spiro atoms. The Morgan fingerprint density at radius 2 is 2.32 bits per heavy atom.